The molecule has 0 aliphatic carbocycles. The molecule has 12 heteroatoms. The Morgan fingerprint density at radius 1 is 1.20 bits per heavy atom. The van der Waals surface area contributed by atoms with Crippen LogP contribution in [0, 0.1) is 12.8 Å². The highest BCUT2D eigenvalue weighted by molar-refractivity contribution is 9.09. The lowest BCUT2D eigenvalue weighted by atomic mass is 9.91. The number of carbonyl (C=O) groups excluding carboxylic acids is 2. The lowest BCUT2D eigenvalue weighted by Crippen LogP contribution is -2.48. The molecule has 1 saturated heterocycles. The summed E-state index contributed by atoms with van der Waals surface area (Å²) in [6.07, 6.45) is 0.185. The van der Waals surface area contributed by atoms with Gasteiger partial charge in [-0.05, 0) is 54.2 Å². The first-order chi connectivity index (χ1) is 21.1. The highest BCUT2D eigenvalue weighted by Crippen LogP contribution is 2.40. The third kappa shape index (κ3) is 8.25. The van der Waals surface area contributed by atoms with Gasteiger partial charge in [0.1, 0.15) is 12.0 Å². The molecule has 1 aliphatic rings. The van der Waals surface area contributed by atoms with Crippen molar-refractivity contribution >= 4 is 47.4 Å². The van der Waals surface area contributed by atoms with Crippen molar-refractivity contribution in [2.24, 2.45) is 5.92 Å². The number of nitrogens with zero attached hydrogens (tertiary/aromatic N) is 3. The highest BCUT2D eigenvalue weighted by atomic mass is 79.9. The van der Waals surface area contributed by atoms with Crippen LogP contribution in [0.4, 0.5) is 0 Å². The number of aromatic nitrogens is 2. The largest absolute Gasteiger partial charge is 0.475 e. The summed E-state index contributed by atoms with van der Waals surface area (Å²) in [6.45, 7) is 19.7. The molecule has 2 aromatic heterocycles. The Labute approximate surface area is 280 Å². The lowest BCUT2D eigenvalue weighted by Gasteiger charge is -2.38. The van der Waals surface area contributed by atoms with E-state index < -0.39 is 20.3 Å². The van der Waals surface area contributed by atoms with E-state index in [1.54, 1.807) is 22.3 Å². The van der Waals surface area contributed by atoms with Crippen molar-refractivity contribution < 1.29 is 23.3 Å². The fourth-order valence-corrected chi connectivity index (χ4v) is 7.74. The van der Waals surface area contributed by atoms with Crippen molar-refractivity contribution in [1.29, 1.82) is 0 Å². The fourth-order valence-electron chi connectivity index (χ4n) is 5.41. The molecular formula is C33H47BrN4O5SSi. The van der Waals surface area contributed by atoms with E-state index in [1.807, 2.05) is 45.3 Å². The van der Waals surface area contributed by atoms with Crippen molar-refractivity contribution in [2.45, 2.75) is 97.1 Å². The number of halogens is 1. The number of nitrogens with one attached hydrogen (secondary N) is 1. The normalized spacial score (nSPS) is 18.7. The van der Waals surface area contributed by atoms with Gasteiger partial charge in [-0.3, -0.25) is 9.59 Å². The van der Waals surface area contributed by atoms with Gasteiger partial charge in [-0.25, -0.2) is 4.98 Å². The molecule has 1 fully saturated rings. The Bertz CT molecular complexity index is 1450. The van der Waals surface area contributed by atoms with Crippen LogP contribution in [0.3, 0.4) is 0 Å². The van der Waals surface area contributed by atoms with Gasteiger partial charge < -0.3 is 23.9 Å². The molecule has 4 rings (SSSR count). The Balaban J connectivity index is 1.57. The topological polar surface area (TPSA) is 107 Å². The zero-order valence-electron chi connectivity index (χ0n) is 27.8. The third-order valence-corrected chi connectivity index (χ3v) is 14.8. The highest BCUT2D eigenvalue weighted by Gasteiger charge is 2.47. The zero-order chi connectivity index (χ0) is 33.1. The van der Waals surface area contributed by atoms with Crippen LogP contribution in [0.25, 0.3) is 10.4 Å². The molecular weight excluding hydrogens is 672 g/mol. The van der Waals surface area contributed by atoms with E-state index in [0.29, 0.717) is 36.5 Å². The number of benzene rings is 1. The van der Waals surface area contributed by atoms with Gasteiger partial charge in [-0.1, -0.05) is 74.8 Å². The minimum atomic E-state index is -2.16. The lowest BCUT2D eigenvalue weighted by molar-refractivity contribution is -0.141. The summed E-state index contributed by atoms with van der Waals surface area (Å²) in [5.41, 5.74) is 4.93. The summed E-state index contributed by atoms with van der Waals surface area (Å²) >= 11 is 4.96. The molecule has 1 N–H and O–H groups in total. The second kappa shape index (κ2) is 14.5. The van der Waals surface area contributed by atoms with E-state index in [0.717, 1.165) is 21.7 Å². The van der Waals surface area contributed by atoms with E-state index in [1.165, 1.54) is 0 Å². The van der Waals surface area contributed by atoms with Crippen molar-refractivity contribution in [3.8, 4) is 16.3 Å². The van der Waals surface area contributed by atoms with Crippen LogP contribution >= 0.6 is 27.3 Å². The minimum Gasteiger partial charge on any atom is -0.475 e. The molecule has 0 radical (unpaired) electrons. The summed E-state index contributed by atoms with van der Waals surface area (Å²) in [7, 11) is -2.16. The van der Waals surface area contributed by atoms with Gasteiger partial charge in [0, 0.05) is 24.4 Å². The molecule has 0 bridgehead atoms. The quantitative estimate of drug-likeness (QED) is 0.153. The Kier molecular flexibility index (Phi) is 11.4. The van der Waals surface area contributed by atoms with E-state index in [2.05, 4.69) is 77.4 Å². The number of hydrogen-bond acceptors (Lipinski definition) is 8. The Morgan fingerprint density at radius 2 is 1.89 bits per heavy atom. The minimum absolute atomic E-state index is 0.00753. The number of carbonyl (C=O) groups is 2. The molecule has 9 nitrogen and oxygen atoms in total. The molecule has 246 valence electrons. The monoisotopic (exact) mass is 718 g/mol. The summed E-state index contributed by atoms with van der Waals surface area (Å²) < 4.78 is 18.0. The zero-order valence-corrected chi connectivity index (χ0v) is 31.3. The van der Waals surface area contributed by atoms with Crippen molar-refractivity contribution in [3.63, 3.8) is 0 Å². The number of ether oxygens (including phenoxy) is 1. The molecule has 0 spiro atoms. The van der Waals surface area contributed by atoms with Crippen LogP contribution < -0.4 is 10.1 Å². The smallest absolute Gasteiger partial charge is 0.254 e. The summed E-state index contributed by atoms with van der Waals surface area (Å²) in [4.78, 5) is 35.5. The number of hydrogen-bond donors (Lipinski definition) is 1. The number of aryl methyl sites for hydroxylation is 1. The maximum Gasteiger partial charge on any atom is 0.254 e. The number of rotatable bonds is 12. The number of likely N-dealkylation sites (tertiary alicyclic amines) is 1. The second-order valence-corrected chi connectivity index (χ2v) is 20.1. The average molecular weight is 720 g/mol. The van der Waals surface area contributed by atoms with E-state index in [9.17, 15) is 9.59 Å². The van der Waals surface area contributed by atoms with E-state index in [-0.39, 0.29) is 34.9 Å². The van der Waals surface area contributed by atoms with Crippen LogP contribution in [0.5, 0.6) is 5.88 Å². The van der Waals surface area contributed by atoms with Crippen molar-refractivity contribution in [1.82, 2.24) is 20.4 Å². The van der Waals surface area contributed by atoms with Gasteiger partial charge in [0.2, 0.25) is 11.8 Å². The molecule has 3 heterocycles. The maximum atomic E-state index is 14.3. The van der Waals surface area contributed by atoms with Crippen LogP contribution in [-0.4, -0.2) is 65.8 Å². The summed E-state index contributed by atoms with van der Waals surface area (Å²) in [5.74, 6) is -0.327. The van der Waals surface area contributed by atoms with Gasteiger partial charge in [-0.2, -0.15) is 0 Å². The fraction of sp³-hybridized carbons (Fsp3) is 0.576. The maximum absolute atomic E-state index is 14.3. The standard InChI is InChI=1S/C33H47BrN4O5SSi/c1-20(2)29(27-17-28(37-42-27)41-15-14-34)32(40)38-18-25(43-45(8,9)33(5,6)7)16-26(38)31(39)36-21(3)23-10-12-24(13-11-23)30-22(4)35-19-44-30/h10-13,17,19-21,25-26,29H,14-16,18H2,1-9H3,(H,36,39)/t21-,25?,26-,29?/m0/s1. The molecule has 0 saturated carbocycles. The van der Waals surface area contributed by atoms with Crippen LogP contribution in [0.1, 0.15) is 76.9 Å². The number of thiazole rings is 1. The summed E-state index contributed by atoms with van der Waals surface area (Å²) in [5, 5.41) is 7.85. The van der Waals surface area contributed by atoms with Gasteiger partial charge in [-0.15, -0.1) is 11.3 Å². The SMILES string of the molecule is Cc1ncsc1-c1ccc([C@H](C)NC(=O)[C@@H]2CC(O[Si](C)(C)C(C)(C)C)CN2C(=O)C(c2cc(OCCBr)no2)C(C)C)cc1. The molecule has 1 aromatic carbocycles. The molecule has 45 heavy (non-hydrogen) atoms. The van der Waals surface area contributed by atoms with Crippen LogP contribution in [0.15, 0.2) is 40.4 Å². The third-order valence-electron chi connectivity index (χ3n) is 8.97. The Morgan fingerprint density at radius 3 is 2.47 bits per heavy atom. The van der Waals surface area contributed by atoms with Crippen molar-refractivity contribution in [3.05, 3.63) is 52.9 Å². The molecule has 1 aliphatic heterocycles. The molecule has 3 aromatic rings. The number of alkyl halides is 1. The van der Waals surface area contributed by atoms with Crippen LogP contribution in [0.2, 0.25) is 18.1 Å². The van der Waals surface area contributed by atoms with Gasteiger partial charge >= 0.3 is 0 Å². The average Bonchev–Trinajstić information content (AvgIpc) is 3.71. The summed E-state index contributed by atoms with van der Waals surface area (Å²) in [6, 6.07) is 8.95. The predicted octanol–water partition coefficient (Wildman–Crippen LogP) is 7.49. The molecule has 2 amide bonds. The predicted molar refractivity (Wildman–Crippen MR) is 184 cm³/mol. The van der Waals surface area contributed by atoms with Crippen LogP contribution in [-0.2, 0) is 14.0 Å². The molecule has 4 atom stereocenters. The van der Waals surface area contributed by atoms with E-state index in [4.69, 9.17) is 13.7 Å². The first-order valence-corrected chi connectivity index (χ1v) is 20.5. The second-order valence-electron chi connectivity index (χ2n) is 13.7. The van der Waals surface area contributed by atoms with Crippen molar-refractivity contribution in [2.75, 3.05) is 18.5 Å². The number of amides is 2. The first-order valence-electron chi connectivity index (χ1n) is 15.6. The van der Waals surface area contributed by atoms with E-state index >= 15 is 0 Å². The first kappa shape index (κ1) is 35.3. The van der Waals surface area contributed by atoms with Gasteiger partial charge in [0.15, 0.2) is 14.1 Å². The van der Waals surface area contributed by atoms with Gasteiger partial charge in [0.25, 0.3) is 5.88 Å². The molecule has 2 unspecified atom stereocenters. The van der Waals surface area contributed by atoms with Gasteiger partial charge in [0.05, 0.1) is 34.8 Å². The Hall–Kier alpha value is -2.54.